The number of nitrogens with one attached hydrogen (secondary N) is 1. The highest BCUT2D eigenvalue weighted by Crippen LogP contribution is 2.23. The molecule has 0 bridgehead atoms. The Morgan fingerprint density at radius 3 is 2.53 bits per heavy atom. The van der Waals surface area contributed by atoms with Gasteiger partial charge in [-0.1, -0.05) is 45.1 Å². The molecule has 0 aliphatic heterocycles. The fraction of sp³-hybridized carbons (Fsp3) is 0.500. The molecule has 94 valence electrons. The van der Waals surface area contributed by atoms with E-state index in [1.807, 2.05) is 12.1 Å². The minimum absolute atomic E-state index is 0.332. The molecular formula is C14H22N2S. The monoisotopic (exact) mass is 250 g/mol. The maximum Gasteiger partial charge on any atom is 0.106 e. The van der Waals surface area contributed by atoms with Crippen LogP contribution in [0, 0.1) is 12.3 Å². The topological polar surface area (TPSA) is 38.0 Å². The molecule has 0 saturated heterocycles. The van der Waals surface area contributed by atoms with Crippen molar-refractivity contribution in [2.45, 2.75) is 34.1 Å². The summed E-state index contributed by atoms with van der Waals surface area (Å²) in [6.07, 6.45) is 1.11. The van der Waals surface area contributed by atoms with E-state index in [9.17, 15) is 0 Å². The lowest BCUT2D eigenvalue weighted by Crippen LogP contribution is -2.17. The van der Waals surface area contributed by atoms with E-state index in [-0.39, 0.29) is 0 Å². The molecular weight excluding hydrogens is 228 g/mol. The van der Waals surface area contributed by atoms with Gasteiger partial charge in [-0.05, 0) is 30.4 Å². The van der Waals surface area contributed by atoms with E-state index >= 15 is 0 Å². The van der Waals surface area contributed by atoms with Crippen LogP contribution in [0.15, 0.2) is 18.2 Å². The van der Waals surface area contributed by atoms with E-state index in [0.29, 0.717) is 10.4 Å². The molecule has 0 aromatic heterocycles. The average molecular weight is 250 g/mol. The van der Waals surface area contributed by atoms with Gasteiger partial charge in [0, 0.05) is 17.8 Å². The molecule has 1 rings (SSSR count). The highest BCUT2D eigenvalue weighted by atomic mass is 32.1. The van der Waals surface area contributed by atoms with Crippen LogP contribution >= 0.6 is 12.2 Å². The van der Waals surface area contributed by atoms with Gasteiger partial charge in [0.15, 0.2) is 0 Å². The first-order chi connectivity index (χ1) is 7.81. The van der Waals surface area contributed by atoms with Crippen molar-refractivity contribution in [2.75, 3.05) is 11.9 Å². The second-order valence-corrected chi connectivity index (χ2v) is 6.04. The summed E-state index contributed by atoms with van der Waals surface area (Å²) in [6, 6.07) is 6.02. The first-order valence-corrected chi connectivity index (χ1v) is 6.35. The van der Waals surface area contributed by atoms with Crippen LogP contribution < -0.4 is 11.1 Å². The first-order valence-electron chi connectivity index (χ1n) is 5.94. The number of anilines is 1. The van der Waals surface area contributed by atoms with Gasteiger partial charge in [-0.2, -0.15) is 0 Å². The Morgan fingerprint density at radius 1 is 1.35 bits per heavy atom. The SMILES string of the molecule is Cc1cccc(C(N)=S)c1NCCC(C)(C)C. The predicted molar refractivity (Wildman–Crippen MR) is 79.6 cm³/mol. The third-order valence-corrected chi connectivity index (χ3v) is 2.93. The Kier molecular flexibility index (Phi) is 4.52. The maximum atomic E-state index is 5.73. The van der Waals surface area contributed by atoms with Gasteiger partial charge in [-0.3, -0.25) is 0 Å². The van der Waals surface area contributed by atoms with Crippen LogP contribution in [0.25, 0.3) is 0 Å². The number of thiocarbonyl (C=S) groups is 1. The van der Waals surface area contributed by atoms with Crippen molar-refractivity contribution in [1.82, 2.24) is 0 Å². The Bertz CT molecular complexity index is 405. The van der Waals surface area contributed by atoms with Crippen molar-refractivity contribution < 1.29 is 0 Å². The van der Waals surface area contributed by atoms with Crippen molar-refractivity contribution in [3.63, 3.8) is 0 Å². The molecule has 0 amide bonds. The minimum Gasteiger partial charge on any atom is -0.389 e. The first kappa shape index (κ1) is 14.0. The van der Waals surface area contributed by atoms with E-state index < -0.39 is 0 Å². The lowest BCUT2D eigenvalue weighted by Gasteiger charge is -2.20. The molecule has 0 aliphatic rings. The summed E-state index contributed by atoms with van der Waals surface area (Å²) in [5.41, 5.74) is 9.26. The molecule has 3 heteroatoms. The third kappa shape index (κ3) is 4.35. The van der Waals surface area contributed by atoms with Crippen LogP contribution in [0.5, 0.6) is 0 Å². The number of hydrogen-bond donors (Lipinski definition) is 2. The zero-order chi connectivity index (χ0) is 13.1. The standard InChI is InChI=1S/C14H22N2S/c1-10-6-5-7-11(13(15)17)12(10)16-9-8-14(2,3)4/h5-7,16H,8-9H2,1-4H3,(H2,15,17). The van der Waals surface area contributed by atoms with Crippen LogP contribution in [0.1, 0.15) is 38.3 Å². The molecule has 0 atom stereocenters. The van der Waals surface area contributed by atoms with Gasteiger partial charge in [-0.15, -0.1) is 0 Å². The molecule has 0 aliphatic carbocycles. The quantitative estimate of drug-likeness (QED) is 0.804. The molecule has 2 nitrogen and oxygen atoms in total. The molecule has 0 radical (unpaired) electrons. The Balaban J connectivity index is 2.79. The van der Waals surface area contributed by atoms with E-state index in [2.05, 4.69) is 39.1 Å². The fourth-order valence-corrected chi connectivity index (χ4v) is 1.84. The van der Waals surface area contributed by atoms with E-state index in [1.165, 1.54) is 5.56 Å². The van der Waals surface area contributed by atoms with Crippen molar-refractivity contribution >= 4 is 22.9 Å². The molecule has 3 N–H and O–H groups in total. The number of hydrogen-bond acceptors (Lipinski definition) is 2. The summed E-state index contributed by atoms with van der Waals surface area (Å²) < 4.78 is 0. The Hall–Kier alpha value is -1.09. The van der Waals surface area contributed by atoms with Crippen LogP contribution in [0.3, 0.4) is 0 Å². The molecule has 0 unspecified atom stereocenters. The second-order valence-electron chi connectivity index (χ2n) is 5.60. The summed E-state index contributed by atoms with van der Waals surface area (Å²) in [7, 11) is 0. The second kappa shape index (κ2) is 5.50. The predicted octanol–water partition coefficient (Wildman–Crippen LogP) is 3.48. The highest BCUT2D eigenvalue weighted by molar-refractivity contribution is 7.80. The number of para-hydroxylation sites is 1. The number of rotatable bonds is 4. The minimum atomic E-state index is 0.332. The summed E-state index contributed by atoms with van der Waals surface area (Å²) >= 11 is 5.07. The molecule has 1 aromatic carbocycles. The molecule has 17 heavy (non-hydrogen) atoms. The zero-order valence-corrected chi connectivity index (χ0v) is 11.9. The van der Waals surface area contributed by atoms with Gasteiger partial charge in [0.1, 0.15) is 4.99 Å². The lowest BCUT2D eigenvalue weighted by atomic mass is 9.92. The molecule has 0 fully saturated rings. The van der Waals surface area contributed by atoms with E-state index in [0.717, 1.165) is 24.2 Å². The Morgan fingerprint density at radius 2 is 2.00 bits per heavy atom. The smallest absolute Gasteiger partial charge is 0.106 e. The molecule has 0 saturated carbocycles. The van der Waals surface area contributed by atoms with Crippen LogP contribution in [0.2, 0.25) is 0 Å². The van der Waals surface area contributed by atoms with Gasteiger partial charge in [0.05, 0.1) is 0 Å². The number of nitrogens with two attached hydrogens (primary N) is 1. The zero-order valence-electron chi connectivity index (χ0n) is 11.1. The fourth-order valence-electron chi connectivity index (χ4n) is 1.67. The van der Waals surface area contributed by atoms with Gasteiger partial charge < -0.3 is 11.1 Å². The highest BCUT2D eigenvalue weighted by Gasteiger charge is 2.11. The summed E-state index contributed by atoms with van der Waals surface area (Å²) in [6.45, 7) is 9.72. The number of aryl methyl sites for hydroxylation is 1. The van der Waals surface area contributed by atoms with Gasteiger partial charge in [0.25, 0.3) is 0 Å². The molecule has 0 spiro atoms. The van der Waals surface area contributed by atoms with Gasteiger partial charge in [-0.25, -0.2) is 0 Å². The lowest BCUT2D eigenvalue weighted by molar-refractivity contribution is 0.390. The third-order valence-electron chi connectivity index (χ3n) is 2.72. The molecule has 0 heterocycles. The largest absolute Gasteiger partial charge is 0.389 e. The molecule has 1 aromatic rings. The van der Waals surface area contributed by atoms with Crippen molar-refractivity contribution in [2.24, 2.45) is 11.1 Å². The summed E-state index contributed by atoms with van der Waals surface area (Å²) in [5.74, 6) is 0. The van der Waals surface area contributed by atoms with Crippen LogP contribution in [0.4, 0.5) is 5.69 Å². The summed E-state index contributed by atoms with van der Waals surface area (Å²) in [5, 5.41) is 3.45. The summed E-state index contributed by atoms with van der Waals surface area (Å²) in [4.78, 5) is 0.451. The average Bonchev–Trinajstić information content (AvgIpc) is 2.18. The van der Waals surface area contributed by atoms with Crippen LogP contribution in [-0.4, -0.2) is 11.5 Å². The van der Waals surface area contributed by atoms with Crippen molar-refractivity contribution in [3.8, 4) is 0 Å². The van der Waals surface area contributed by atoms with Crippen molar-refractivity contribution in [3.05, 3.63) is 29.3 Å². The maximum absolute atomic E-state index is 5.73. The van der Waals surface area contributed by atoms with Crippen LogP contribution in [-0.2, 0) is 0 Å². The number of benzene rings is 1. The Labute approximate surface area is 110 Å². The normalized spacial score (nSPS) is 11.3. The van der Waals surface area contributed by atoms with Crippen molar-refractivity contribution in [1.29, 1.82) is 0 Å². The van der Waals surface area contributed by atoms with E-state index in [1.54, 1.807) is 0 Å². The van der Waals surface area contributed by atoms with Gasteiger partial charge >= 0.3 is 0 Å². The van der Waals surface area contributed by atoms with E-state index in [4.69, 9.17) is 18.0 Å². The van der Waals surface area contributed by atoms with Gasteiger partial charge in [0.2, 0.25) is 0 Å².